The number of para-hydroxylation sites is 1. The van der Waals surface area contributed by atoms with Crippen LogP contribution in [0.2, 0.25) is 0 Å². The van der Waals surface area contributed by atoms with E-state index in [1.807, 2.05) is 24.1 Å². The van der Waals surface area contributed by atoms with Gasteiger partial charge >= 0.3 is 6.03 Å². The van der Waals surface area contributed by atoms with Crippen molar-refractivity contribution in [2.45, 2.75) is 58.2 Å². The highest BCUT2D eigenvalue weighted by Gasteiger charge is 2.30. The number of H-pyrrole nitrogens is 1. The average Bonchev–Trinajstić information content (AvgIpc) is 3.36. The number of amides is 2. The molecule has 188 valence electrons. The molecule has 1 aromatic heterocycles. The predicted molar refractivity (Wildman–Crippen MR) is 146 cm³/mol. The van der Waals surface area contributed by atoms with Gasteiger partial charge in [-0.15, -0.1) is 0 Å². The maximum atomic E-state index is 13.2. The first-order valence-corrected chi connectivity index (χ1v) is 12.9. The zero-order chi connectivity index (χ0) is 25.2. The predicted octanol–water partition coefficient (Wildman–Crippen LogP) is 5.19. The highest BCUT2D eigenvalue weighted by Crippen LogP contribution is 2.30. The molecule has 7 heteroatoms. The van der Waals surface area contributed by atoms with Crippen LogP contribution < -0.4 is 10.6 Å². The van der Waals surface area contributed by atoms with Crippen LogP contribution in [0.25, 0.3) is 10.9 Å². The van der Waals surface area contributed by atoms with E-state index >= 15 is 0 Å². The number of nitrogens with one attached hydrogen (secondary N) is 3. The maximum absolute atomic E-state index is 13.2. The highest BCUT2D eigenvalue weighted by atomic mass is 16.2. The van der Waals surface area contributed by atoms with Gasteiger partial charge in [-0.05, 0) is 61.4 Å². The standard InChI is InChI=1S/C29H36N6O/c1-5-22-14-21(15-24-17-30-33-28(22)24)16-27(19(2)3)32-29(36)34-12-10-25(11-13-34)35-18-23-8-6-7-9-26(23)31-20(35)4/h6-9,14-15,17,25,27,31H,2,4-5,10-13,16,18H2,1,3H3,(H,30,33)(H,32,36). The fourth-order valence-corrected chi connectivity index (χ4v) is 5.44. The van der Waals surface area contributed by atoms with Gasteiger partial charge in [0.2, 0.25) is 0 Å². The summed E-state index contributed by atoms with van der Waals surface area (Å²) in [4.78, 5) is 17.5. The summed E-state index contributed by atoms with van der Waals surface area (Å²) >= 11 is 0. The van der Waals surface area contributed by atoms with Crippen molar-refractivity contribution in [1.29, 1.82) is 0 Å². The molecule has 3 heterocycles. The number of hydrogen-bond acceptors (Lipinski definition) is 4. The summed E-state index contributed by atoms with van der Waals surface area (Å²) in [5.74, 6) is 0.944. The quantitative estimate of drug-likeness (QED) is 0.421. The van der Waals surface area contributed by atoms with Crippen molar-refractivity contribution in [2.24, 2.45) is 0 Å². The molecule has 2 aromatic carbocycles. The number of aryl methyl sites for hydroxylation is 1. The van der Waals surface area contributed by atoms with E-state index in [-0.39, 0.29) is 12.1 Å². The molecule has 3 N–H and O–H groups in total. The molecule has 3 aromatic rings. The Morgan fingerprint density at radius 1 is 1.25 bits per heavy atom. The zero-order valence-electron chi connectivity index (χ0n) is 21.3. The summed E-state index contributed by atoms with van der Waals surface area (Å²) in [6.07, 6.45) is 5.35. The lowest BCUT2D eigenvalue weighted by Crippen LogP contribution is -2.52. The van der Waals surface area contributed by atoms with Crippen molar-refractivity contribution in [3.05, 3.63) is 83.8 Å². The number of carbonyl (C=O) groups excluding carboxylic acids is 1. The lowest BCUT2D eigenvalue weighted by molar-refractivity contribution is 0.133. The third-order valence-corrected chi connectivity index (χ3v) is 7.58. The van der Waals surface area contributed by atoms with Crippen molar-refractivity contribution in [2.75, 3.05) is 18.4 Å². The number of hydrogen-bond donors (Lipinski definition) is 3. The lowest BCUT2D eigenvalue weighted by atomic mass is 9.97. The summed E-state index contributed by atoms with van der Waals surface area (Å²) in [5.41, 5.74) is 6.90. The van der Waals surface area contributed by atoms with Gasteiger partial charge in [0.1, 0.15) is 0 Å². The normalized spacial score (nSPS) is 17.0. The number of anilines is 1. The molecule has 1 saturated heterocycles. The molecule has 2 amide bonds. The Hall–Kier alpha value is -3.74. The van der Waals surface area contributed by atoms with Gasteiger partial charge in [0.15, 0.2) is 0 Å². The van der Waals surface area contributed by atoms with Crippen LogP contribution in [0.4, 0.5) is 10.5 Å². The molecular weight excluding hydrogens is 448 g/mol. The summed E-state index contributed by atoms with van der Waals surface area (Å²) in [5, 5.41) is 15.1. The van der Waals surface area contributed by atoms with E-state index in [4.69, 9.17) is 0 Å². The van der Waals surface area contributed by atoms with Gasteiger partial charge in [-0.1, -0.05) is 49.9 Å². The van der Waals surface area contributed by atoms with Gasteiger partial charge in [0.25, 0.3) is 0 Å². The van der Waals surface area contributed by atoms with Crippen LogP contribution in [0.3, 0.4) is 0 Å². The second-order valence-electron chi connectivity index (χ2n) is 10.1. The SMILES string of the molecule is C=C(C)C(Cc1cc(CC)c2[nH]ncc2c1)NC(=O)N1CCC(N2Cc3ccccc3NC2=C)CC1. The van der Waals surface area contributed by atoms with Crippen LogP contribution in [0, 0.1) is 0 Å². The molecule has 1 unspecified atom stereocenters. The van der Waals surface area contributed by atoms with Crippen LogP contribution >= 0.6 is 0 Å². The number of aromatic amines is 1. The van der Waals surface area contributed by atoms with Crippen LogP contribution in [-0.2, 0) is 19.4 Å². The summed E-state index contributed by atoms with van der Waals surface area (Å²) in [6, 6.07) is 13.0. The number of rotatable bonds is 6. The van der Waals surface area contributed by atoms with E-state index < -0.39 is 0 Å². The molecule has 2 aliphatic heterocycles. The van der Waals surface area contributed by atoms with Gasteiger partial charge in [-0.2, -0.15) is 5.10 Å². The van der Waals surface area contributed by atoms with E-state index in [1.165, 1.54) is 16.7 Å². The highest BCUT2D eigenvalue weighted by molar-refractivity contribution is 5.82. The molecule has 1 atom stereocenters. The number of piperidine rings is 1. The first kappa shape index (κ1) is 24.0. The number of nitrogens with zero attached hydrogens (tertiary/aromatic N) is 3. The molecule has 7 nitrogen and oxygen atoms in total. The Kier molecular flexibility index (Phi) is 6.72. The van der Waals surface area contributed by atoms with Crippen LogP contribution in [0.1, 0.15) is 43.4 Å². The number of benzene rings is 2. The van der Waals surface area contributed by atoms with Crippen molar-refractivity contribution in [3.63, 3.8) is 0 Å². The fourth-order valence-electron chi connectivity index (χ4n) is 5.44. The minimum absolute atomic E-state index is 0.0116. The molecular formula is C29H36N6O. The van der Waals surface area contributed by atoms with Crippen molar-refractivity contribution in [1.82, 2.24) is 25.3 Å². The zero-order valence-corrected chi connectivity index (χ0v) is 21.3. The smallest absolute Gasteiger partial charge is 0.317 e. The van der Waals surface area contributed by atoms with Gasteiger partial charge in [0, 0.05) is 36.7 Å². The minimum atomic E-state index is -0.119. The minimum Gasteiger partial charge on any atom is -0.351 e. The van der Waals surface area contributed by atoms with Crippen molar-refractivity contribution >= 4 is 22.6 Å². The largest absolute Gasteiger partial charge is 0.351 e. The van der Waals surface area contributed by atoms with Gasteiger partial charge < -0.3 is 20.4 Å². The topological polar surface area (TPSA) is 76.3 Å². The Balaban J connectivity index is 1.20. The molecule has 0 radical (unpaired) electrons. The van der Waals surface area contributed by atoms with E-state index in [0.717, 1.165) is 66.9 Å². The third kappa shape index (κ3) is 4.83. The number of carbonyl (C=O) groups is 1. The molecule has 0 aliphatic carbocycles. The maximum Gasteiger partial charge on any atom is 0.317 e. The second kappa shape index (κ2) is 10.1. The van der Waals surface area contributed by atoms with E-state index in [9.17, 15) is 4.79 Å². The van der Waals surface area contributed by atoms with Gasteiger partial charge in [-0.25, -0.2) is 4.79 Å². The van der Waals surface area contributed by atoms with Gasteiger partial charge in [-0.3, -0.25) is 5.10 Å². The lowest BCUT2D eigenvalue weighted by Gasteiger charge is -2.43. The first-order chi connectivity index (χ1) is 17.4. The monoisotopic (exact) mass is 484 g/mol. The fraction of sp³-hybridized carbons (Fsp3) is 0.379. The Morgan fingerprint density at radius 2 is 2.03 bits per heavy atom. The second-order valence-corrected chi connectivity index (χ2v) is 10.1. The average molecular weight is 485 g/mol. The van der Waals surface area contributed by atoms with E-state index in [2.05, 4.69) is 76.1 Å². The van der Waals surface area contributed by atoms with Crippen LogP contribution in [0.15, 0.2) is 67.1 Å². The van der Waals surface area contributed by atoms with Gasteiger partial charge in [0.05, 0.1) is 23.6 Å². The Bertz CT molecular complexity index is 1290. The van der Waals surface area contributed by atoms with E-state index in [0.29, 0.717) is 12.5 Å². The van der Waals surface area contributed by atoms with E-state index in [1.54, 1.807) is 0 Å². The molecule has 0 spiro atoms. The third-order valence-electron chi connectivity index (χ3n) is 7.58. The molecule has 36 heavy (non-hydrogen) atoms. The number of likely N-dealkylation sites (tertiary alicyclic amines) is 1. The molecule has 0 bridgehead atoms. The molecule has 5 rings (SSSR count). The van der Waals surface area contributed by atoms with Crippen LogP contribution in [0.5, 0.6) is 0 Å². The van der Waals surface area contributed by atoms with Crippen LogP contribution in [-0.4, -0.2) is 51.2 Å². The summed E-state index contributed by atoms with van der Waals surface area (Å²) < 4.78 is 0. The van der Waals surface area contributed by atoms with Crippen molar-refractivity contribution < 1.29 is 4.79 Å². The molecule has 2 aliphatic rings. The number of aromatic nitrogens is 2. The summed E-state index contributed by atoms with van der Waals surface area (Å²) in [6.45, 7) is 14.9. The Morgan fingerprint density at radius 3 is 2.78 bits per heavy atom. The molecule has 0 saturated carbocycles. The molecule has 1 fully saturated rings. The Labute approximate surface area is 213 Å². The summed E-state index contributed by atoms with van der Waals surface area (Å²) in [7, 11) is 0. The first-order valence-electron chi connectivity index (χ1n) is 12.9. The number of urea groups is 1. The van der Waals surface area contributed by atoms with Crippen molar-refractivity contribution in [3.8, 4) is 0 Å². The number of fused-ring (bicyclic) bond motifs is 2.